The molecule has 2 rings (SSSR count). The molecular weight excluding hydrogens is 170 g/mol. The lowest BCUT2D eigenvalue weighted by molar-refractivity contribution is 1.06. The minimum absolute atomic E-state index is 0.786. The summed E-state index contributed by atoms with van der Waals surface area (Å²) >= 11 is 0. The van der Waals surface area contributed by atoms with E-state index in [0.29, 0.717) is 0 Å². The maximum Gasteiger partial charge on any atom is 0.0643 e. The van der Waals surface area contributed by atoms with Crippen molar-refractivity contribution >= 4 is 5.71 Å². The van der Waals surface area contributed by atoms with Gasteiger partial charge in [-0.15, -0.1) is 0 Å². The maximum absolute atomic E-state index is 4.53. The Kier molecular flexibility index (Phi) is 2.92. The molecular formula is C13H13N. The molecule has 1 heteroatoms. The minimum atomic E-state index is 0.786. The largest absolute Gasteiger partial charge is 0.285 e. The number of rotatable bonds is 2. The minimum Gasteiger partial charge on any atom is -0.285 e. The molecule has 0 fully saturated rings. The van der Waals surface area contributed by atoms with Crippen molar-refractivity contribution in [1.82, 2.24) is 0 Å². The first kappa shape index (κ1) is 8.95. The highest BCUT2D eigenvalue weighted by Crippen LogP contribution is 2.04. The smallest absolute Gasteiger partial charge is 0.0643 e. The van der Waals surface area contributed by atoms with Gasteiger partial charge >= 0.3 is 0 Å². The van der Waals surface area contributed by atoms with Crippen LogP contribution in [0.1, 0.15) is 12.0 Å². The SMILES string of the molecule is C1=CCC(=NCc2ccccc2)C=C1. The average molecular weight is 183 g/mol. The topological polar surface area (TPSA) is 12.4 Å². The van der Waals surface area contributed by atoms with Crippen LogP contribution in [0.3, 0.4) is 0 Å². The van der Waals surface area contributed by atoms with Crippen LogP contribution in [0.2, 0.25) is 0 Å². The van der Waals surface area contributed by atoms with E-state index in [-0.39, 0.29) is 0 Å². The Labute approximate surface area is 84.5 Å². The van der Waals surface area contributed by atoms with Gasteiger partial charge in [-0.25, -0.2) is 0 Å². The van der Waals surface area contributed by atoms with Gasteiger partial charge in [0, 0.05) is 12.1 Å². The van der Waals surface area contributed by atoms with Crippen molar-refractivity contribution < 1.29 is 0 Å². The Morgan fingerprint density at radius 3 is 2.64 bits per heavy atom. The van der Waals surface area contributed by atoms with Crippen LogP contribution in [0.5, 0.6) is 0 Å². The molecule has 1 aliphatic carbocycles. The van der Waals surface area contributed by atoms with Crippen molar-refractivity contribution in [2.24, 2.45) is 4.99 Å². The van der Waals surface area contributed by atoms with Crippen molar-refractivity contribution in [3.05, 3.63) is 60.2 Å². The molecule has 0 aliphatic heterocycles. The van der Waals surface area contributed by atoms with Crippen LogP contribution in [0.4, 0.5) is 0 Å². The molecule has 1 nitrogen and oxygen atoms in total. The zero-order valence-corrected chi connectivity index (χ0v) is 8.06. The van der Waals surface area contributed by atoms with Crippen LogP contribution in [-0.4, -0.2) is 5.71 Å². The fourth-order valence-electron chi connectivity index (χ4n) is 1.40. The molecule has 0 saturated heterocycles. The monoisotopic (exact) mass is 183 g/mol. The standard InChI is InChI=1S/C13H13N/c1-3-7-12(8-4-1)11-14-13-9-5-2-6-10-13/h1-9H,10-11H2. The number of allylic oxidation sites excluding steroid dienone is 4. The van der Waals surface area contributed by atoms with Gasteiger partial charge in [-0.05, 0) is 11.6 Å². The molecule has 0 amide bonds. The highest BCUT2D eigenvalue weighted by molar-refractivity contribution is 5.97. The van der Waals surface area contributed by atoms with E-state index in [1.165, 1.54) is 5.56 Å². The molecule has 0 heterocycles. The number of hydrogen-bond acceptors (Lipinski definition) is 1. The van der Waals surface area contributed by atoms with Crippen molar-refractivity contribution in [2.75, 3.05) is 0 Å². The molecule has 14 heavy (non-hydrogen) atoms. The van der Waals surface area contributed by atoms with E-state index in [1.807, 2.05) is 24.3 Å². The fraction of sp³-hybridized carbons (Fsp3) is 0.154. The number of aliphatic imine (C=N–C) groups is 1. The molecule has 0 N–H and O–H groups in total. The van der Waals surface area contributed by atoms with Crippen LogP contribution in [0, 0.1) is 0 Å². The number of benzene rings is 1. The van der Waals surface area contributed by atoms with E-state index in [4.69, 9.17) is 0 Å². The van der Waals surface area contributed by atoms with Gasteiger partial charge in [0.1, 0.15) is 0 Å². The first-order valence-corrected chi connectivity index (χ1v) is 4.85. The molecule has 1 aromatic carbocycles. The normalized spacial score (nSPS) is 17.6. The molecule has 0 saturated carbocycles. The van der Waals surface area contributed by atoms with E-state index in [2.05, 4.69) is 35.4 Å². The van der Waals surface area contributed by atoms with E-state index < -0.39 is 0 Å². The van der Waals surface area contributed by atoms with Crippen molar-refractivity contribution in [3.8, 4) is 0 Å². The highest BCUT2D eigenvalue weighted by atomic mass is 14.7. The molecule has 0 atom stereocenters. The third-order valence-corrected chi connectivity index (χ3v) is 2.17. The predicted octanol–water partition coefficient (Wildman–Crippen LogP) is 3.14. The highest BCUT2D eigenvalue weighted by Gasteiger charge is 1.94. The quantitative estimate of drug-likeness (QED) is 0.668. The van der Waals surface area contributed by atoms with Crippen molar-refractivity contribution in [3.63, 3.8) is 0 Å². The molecule has 1 aromatic rings. The van der Waals surface area contributed by atoms with Gasteiger partial charge in [0.15, 0.2) is 0 Å². The first-order chi connectivity index (χ1) is 6.95. The van der Waals surface area contributed by atoms with Gasteiger partial charge in [-0.3, -0.25) is 4.99 Å². The second-order valence-electron chi connectivity index (χ2n) is 3.28. The van der Waals surface area contributed by atoms with E-state index >= 15 is 0 Å². The Morgan fingerprint density at radius 1 is 1.07 bits per heavy atom. The van der Waals surface area contributed by atoms with Crippen molar-refractivity contribution in [1.29, 1.82) is 0 Å². The zero-order chi connectivity index (χ0) is 9.64. The molecule has 70 valence electrons. The second kappa shape index (κ2) is 4.56. The van der Waals surface area contributed by atoms with Gasteiger partial charge in [0.25, 0.3) is 0 Å². The lowest BCUT2D eigenvalue weighted by atomic mass is 10.1. The Morgan fingerprint density at radius 2 is 1.93 bits per heavy atom. The molecule has 0 spiro atoms. The lowest BCUT2D eigenvalue weighted by Gasteiger charge is -2.01. The van der Waals surface area contributed by atoms with Crippen LogP contribution < -0.4 is 0 Å². The number of nitrogens with zero attached hydrogens (tertiary/aromatic N) is 1. The summed E-state index contributed by atoms with van der Waals surface area (Å²) in [6, 6.07) is 10.3. The van der Waals surface area contributed by atoms with Gasteiger partial charge in [0.05, 0.1) is 6.54 Å². The summed E-state index contributed by atoms with van der Waals surface area (Å²) in [4.78, 5) is 4.53. The summed E-state index contributed by atoms with van der Waals surface area (Å²) in [5.74, 6) is 0. The second-order valence-corrected chi connectivity index (χ2v) is 3.28. The lowest BCUT2D eigenvalue weighted by Crippen LogP contribution is -1.95. The molecule has 1 aliphatic rings. The molecule has 0 aromatic heterocycles. The Hall–Kier alpha value is -1.63. The van der Waals surface area contributed by atoms with Gasteiger partial charge in [-0.2, -0.15) is 0 Å². The Balaban J connectivity index is 2.00. The fourth-order valence-corrected chi connectivity index (χ4v) is 1.40. The van der Waals surface area contributed by atoms with Crippen LogP contribution in [0.25, 0.3) is 0 Å². The molecule has 0 unspecified atom stereocenters. The summed E-state index contributed by atoms with van der Waals surface area (Å²) in [7, 11) is 0. The summed E-state index contributed by atoms with van der Waals surface area (Å²) in [5.41, 5.74) is 2.43. The predicted molar refractivity (Wildman–Crippen MR) is 60.5 cm³/mol. The van der Waals surface area contributed by atoms with E-state index in [9.17, 15) is 0 Å². The first-order valence-electron chi connectivity index (χ1n) is 4.85. The van der Waals surface area contributed by atoms with Gasteiger partial charge in [-0.1, -0.05) is 48.6 Å². The van der Waals surface area contributed by atoms with Crippen LogP contribution >= 0.6 is 0 Å². The third-order valence-electron chi connectivity index (χ3n) is 2.17. The molecule has 0 bridgehead atoms. The summed E-state index contributed by atoms with van der Waals surface area (Å²) in [6.45, 7) is 0.786. The van der Waals surface area contributed by atoms with Crippen molar-refractivity contribution in [2.45, 2.75) is 13.0 Å². The summed E-state index contributed by atoms with van der Waals surface area (Å²) in [6.07, 6.45) is 9.25. The Bertz CT molecular complexity index is 371. The average Bonchev–Trinajstić information content (AvgIpc) is 2.29. The third kappa shape index (κ3) is 2.43. The zero-order valence-electron chi connectivity index (χ0n) is 8.06. The summed E-state index contributed by atoms with van der Waals surface area (Å²) in [5, 5.41) is 0. The summed E-state index contributed by atoms with van der Waals surface area (Å²) < 4.78 is 0. The van der Waals surface area contributed by atoms with E-state index in [1.54, 1.807) is 0 Å². The molecule has 0 radical (unpaired) electrons. The van der Waals surface area contributed by atoms with Crippen LogP contribution in [0.15, 0.2) is 59.6 Å². The maximum atomic E-state index is 4.53. The van der Waals surface area contributed by atoms with E-state index in [0.717, 1.165) is 18.7 Å². The van der Waals surface area contributed by atoms with Gasteiger partial charge in [0.2, 0.25) is 0 Å². The van der Waals surface area contributed by atoms with Crippen LogP contribution in [-0.2, 0) is 6.54 Å². The van der Waals surface area contributed by atoms with Gasteiger partial charge < -0.3 is 0 Å². The number of hydrogen-bond donors (Lipinski definition) is 0.